The van der Waals surface area contributed by atoms with Gasteiger partial charge in [-0.1, -0.05) is 17.7 Å². The summed E-state index contributed by atoms with van der Waals surface area (Å²) in [6.07, 6.45) is -1.39. The predicted octanol–water partition coefficient (Wildman–Crippen LogP) is 2.47. The zero-order valence-electron chi connectivity index (χ0n) is 14.5. The number of alkyl halides is 3. The van der Waals surface area contributed by atoms with E-state index in [-0.39, 0.29) is 18.7 Å². The van der Waals surface area contributed by atoms with Crippen LogP contribution in [0.5, 0.6) is 0 Å². The Labute approximate surface area is 159 Å². The molecule has 0 saturated carbocycles. The van der Waals surface area contributed by atoms with Gasteiger partial charge in [-0.25, -0.2) is 0 Å². The van der Waals surface area contributed by atoms with E-state index in [4.69, 9.17) is 23.1 Å². The summed E-state index contributed by atoms with van der Waals surface area (Å²) < 4.78 is 39.0. The minimum Gasteiger partial charge on any atom is -0.404 e. The Hall–Kier alpha value is -2.68. The molecule has 1 aromatic rings. The van der Waals surface area contributed by atoms with Crippen molar-refractivity contribution in [3.63, 3.8) is 0 Å². The average molecular weight is 402 g/mol. The molecule has 1 aromatic carbocycles. The first-order valence-electron chi connectivity index (χ1n) is 7.93. The van der Waals surface area contributed by atoms with E-state index in [0.29, 0.717) is 23.7 Å². The van der Waals surface area contributed by atoms with Crippen molar-refractivity contribution in [1.82, 2.24) is 10.2 Å². The smallest absolute Gasteiger partial charge is 0.404 e. The van der Waals surface area contributed by atoms with E-state index in [9.17, 15) is 18.0 Å². The van der Waals surface area contributed by atoms with Gasteiger partial charge in [0, 0.05) is 31.4 Å². The lowest BCUT2D eigenvalue weighted by Crippen LogP contribution is -2.42. The molecule has 0 bridgehead atoms. The van der Waals surface area contributed by atoms with Crippen LogP contribution < -0.4 is 16.8 Å². The number of rotatable bonds is 3. The standard InChI is InChI=1S/C17H19ClF3N5O/c1-24-14(5-7-22)25-13-6-8-26(9-12(13)23)16(27)10-3-2-4-11(15(10)18)17(19,20)21/h2-5,7H,6,8-9,22-23H2,1H3,(H,24,25). The van der Waals surface area contributed by atoms with Crippen molar-refractivity contribution >= 4 is 23.3 Å². The molecule has 1 heterocycles. The van der Waals surface area contributed by atoms with Gasteiger partial charge in [0.25, 0.3) is 5.91 Å². The Morgan fingerprint density at radius 2 is 2.11 bits per heavy atom. The largest absolute Gasteiger partial charge is 0.417 e. The van der Waals surface area contributed by atoms with Crippen molar-refractivity contribution in [2.45, 2.75) is 12.6 Å². The average Bonchev–Trinajstić information content (AvgIpc) is 2.61. The first kappa shape index (κ1) is 20.6. The number of amidine groups is 1. The van der Waals surface area contributed by atoms with Gasteiger partial charge >= 0.3 is 6.18 Å². The van der Waals surface area contributed by atoms with E-state index in [0.717, 1.165) is 12.1 Å². The van der Waals surface area contributed by atoms with E-state index in [1.165, 1.54) is 17.2 Å². The fourth-order valence-corrected chi connectivity index (χ4v) is 2.92. The first-order valence-corrected chi connectivity index (χ1v) is 8.31. The molecule has 0 unspecified atom stereocenters. The van der Waals surface area contributed by atoms with Crippen molar-refractivity contribution in [1.29, 1.82) is 0 Å². The molecule has 0 aromatic heterocycles. The van der Waals surface area contributed by atoms with Gasteiger partial charge < -0.3 is 21.7 Å². The van der Waals surface area contributed by atoms with Crippen LogP contribution in [0.1, 0.15) is 22.3 Å². The highest BCUT2D eigenvalue weighted by Gasteiger charge is 2.35. The van der Waals surface area contributed by atoms with Gasteiger partial charge in [0.05, 0.1) is 22.7 Å². The number of nitrogens with two attached hydrogens (primary N) is 2. The van der Waals surface area contributed by atoms with Crippen LogP contribution in [0.25, 0.3) is 0 Å². The van der Waals surface area contributed by atoms with Gasteiger partial charge in [-0.05, 0) is 24.4 Å². The second-order valence-electron chi connectivity index (χ2n) is 5.74. The lowest BCUT2D eigenvalue weighted by atomic mass is 10.1. The second kappa shape index (κ2) is 8.34. The van der Waals surface area contributed by atoms with Gasteiger partial charge in [0.2, 0.25) is 0 Å². The Bertz CT molecular complexity index is 817. The summed E-state index contributed by atoms with van der Waals surface area (Å²) in [6.45, 7) is 0.314. The highest BCUT2D eigenvalue weighted by molar-refractivity contribution is 6.34. The van der Waals surface area contributed by atoms with E-state index < -0.39 is 22.7 Å². The molecule has 10 heteroatoms. The normalized spacial score (nSPS) is 16.2. The van der Waals surface area contributed by atoms with Crippen LogP contribution in [0.4, 0.5) is 13.2 Å². The molecule has 0 saturated heterocycles. The molecule has 146 valence electrons. The van der Waals surface area contributed by atoms with Crippen molar-refractivity contribution < 1.29 is 18.0 Å². The number of halogens is 4. The Balaban J connectivity index is 2.22. The lowest BCUT2D eigenvalue weighted by Gasteiger charge is -2.30. The van der Waals surface area contributed by atoms with Crippen molar-refractivity contribution in [3.05, 3.63) is 58.0 Å². The fraction of sp³-hybridized carbons (Fsp3) is 0.294. The molecule has 1 amide bonds. The van der Waals surface area contributed by atoms with Crippen LogP contribution in [-0.4, -0.2) is 36.8 Å². The number of carbonyl (C=O) groups is 1. The molecule has 2 rings (SSSR count). The third-order valence-corrected chi connectivity index (χ3v) is 4.38. The van der Waals surface area contributed by atoms with Crippen LogP contribution in [0.15, 0.2) is 46.9 Å². The lowest BCUT2D eigenvalue weighted by molar-refractivity contribution is -0.137. The van der Waals surface area contributed by atoms with Crippen LogP contribution in [0.2, 0.25) is 5.02 Å². The number of hydrogen-bond acceptors (Lipinski definition) is 4. The molecule has 1 aliphatic rings. The van der Waals surface area contributed by atoms with Crippen LogP contribution in [-0.2, 0) is 6.18 Å². The number of benzene rings is 1. The van der Waals surface area contributed by atoms with Gasteiger partial charge in [-0.3, -0.25) is 9.79 Å². The molecular formula is C17H19ClF3N5O. The maximum absolute atomic E-state index is 13.0. The second-order valence-corrected chi connectivity index (χ2v) is 6.12. The summed E-state index contributed by atoms with van der Waals surface area (Å²) in [7, 11) is 1.58. The predicted molar refractivity (Wildman–Crippen MR) is 98.0 cm³/mol. The molecule has 6 nitrogen and oxygen atoms in total. The Morgan fingerprint density at radius 1 is 1.41 bits per heavy atom. The summed E-state index contributed by atoms with van der Waals surface area (Å²) in [5.74, 6) is -0.115. The molecule has 0 radical (unpaired) electrons. The highest BCUT2D eigenvalue weighted by Crippen LogP contribution is 2.36. The molecular weight excluding hydrogens is 383 g/mol. The van der Waals surface area contributed by atoms with Crippen molar-refractivity contribution in [2.75, 3.05) is 20.1 Å². The fourth-order valence-electron chi connectivity index (χ4n) is 2.61. The molecule has 0 spiro atoms. The number of nitrogens with one attached hydrogen (secondary N) is 1. The number of hydrogen-bond donors (Lipinski definition) is 3. The third kappa shape index (κ3) is 4.73. The molecule has 0 atom stereocenters. The minimum absolute atomic E-state index is 0.0527. The summed E-state index contributed by atoms with van der Waals surface area (Å²) >= 11 is 5.84. The van der Waals surface area contributed by atoms with Crippen molar-refractivity contribution in [2.24, 2.45) is 16.5 Å². The van der Waals surface area contributed by atoms with Crippen molar-refractivity contribution in [3.8, 4) is 0 Å². The summed E-state index contributed by atoms with van der Waals surface area (Å²) in [4.78, 5) is 18.0. The minimum atomic E-state index is -4.64. The topological polar surface area (TPSA) is 96.7 Å². The van der Waals surface area contributed by atoms with E-state index in [1.54, 1.807) is 13.1 Å². The molecule has 1 aliphatic heterocycles. The van der Waals surface area contributed by atoms with Crippen LogP contribution >= 0.6 is 11.6 Å². The Kier molecular flexibility index (Phi) is 6.37. The first-order chi connectivity index (χ1) is 12.7. The number of aliphatic imine (C=N–C) groups is 1. The maximum atomic E-state index is 13.0. The van der Waals surface area contributed by atoms with Gasteiger partial charge in [0.1, 0.15) is 5.84 Å². The quantitative estimate of drug-likeness (QED) is 0.535. The Morgan fingerprint density at radius 3 is 2.67 bits per heavy atom. The van der Waals surface area contributed by atoms with E-state index in [1.807, 2.05) is 0 Å². The number of carbonyl (C=O) groups excluding carboxylic acids is 1. The maximum Gasteiger partial charge on any atom is 0.417 e. The monoisotopic (exact) mass is 401 g/mol. The number of nitrogens with zero attached hydrogens (tertiary/aromatic N) is 2. The van der Waals surface area contributed by atoms with Crippen LogP contribution in [0, 0.1) is 0 Å². The number of amides is 1. The van der Waals surface area contributed by atoms with E-state index >= 15 is 0 Å². The molecule has 0 aliphatic carbocycles. The van der Waals surface area contributed by atoms with Gasteiger partial charge in [-0.15, -0.1) is 0 Å². The SMILES string of the molecule is CN=C(C=CN)NC1=C(N)CN(C(=O)c2cccc(C(F)(F)F)c2Cl)CC1. The van der Waals surface area contributed by atoms with Gasteiger partial charge in [-0.2, -0.15) is 13.2 Å². The zero-order valence-corrected chi connectivity index (χ0v) is 15.2. The van der Waals surface area contributed by atoms with E-state index in [2.05, 4.69) is 10.3 Å². The molecule has 27 heavy (non-hydrogen) atoms. The third-order valence-electron chi connectivity index (χ3n) is 3.98. The summed E-state index contributed by atoms with van der Waals surface area (Å²) in [5.41, 5.74) is 11.2. The molecule has 5 N–H and O–H groups in total. The van der Waals surface area contributed by atoms with Crippen LogP contribution in [0.3, 0.4) is 0 Å². The van der Waals surface area contributed by atoms with Gasteiger partial charge in [0.15, 0.2) is 0 Å². The highest BCUT2D eigenvalue weighted by atomic mass is 35.5. The summed E-state index contributed by atoms with van der Waals surface area (Å²) in [5, 5.41) is 2.41. The zero-order chi connectivity index (χ0) is 20.2. The molecule has 0 fully saturated rings. The summed E-state index contributed by atoms with van der Waals surface area (Å²) in [6, 6.07) is 3.25.